The molecule has 46 heavy (non-hydrogen) atoms. The molecule has 4 aromatic carbocycles. The van der Waals surface area contributed by atoms with E-state index in [9.17, 15) is 14.4 Å². The molecule has 0 atom stereocenters. The van der Waals surface area contributed by atoms with Gasteiger partial charge in [-0.25, -0.2) is 10.2 Å². The molecule has 0 aliphatic heterocycles. The molecule has 0 spiro atoms. The second-order valence-electron chi connectivity index (χ2n) is 9.29. The highest BCUT2D eigenvalue weighted by atomic mass is 35.5. The zero-order valence-electron chi connectivity index (χ0n) is 25.5. The minimum Gasteiger partial charge on any atom is -0.496 e. The van der Waals surface area contributed by atoms with Crippen molar-refractivity contribution in [2.75, 3.05) is 40.9 Å². The summed E-state index contributed by atoms with van der Waals surface area (Å²) in [7, 11) is 7.21. The summed E-state index contributed by atoms with van der Waals surface area (Å²) in [5.74, 6) is 0.0183. The van der Waals surface area contributed by atoms with E-state index in [2.05, 4.69) is 15.8 Å². The first-order chi connectivity index (χ1) is 22.2. The standard InChI is InChI=1S/C33H30ClN3O9/c1-41-25-12-10-22(34)17-24(25)32(39)36-23-8-6-7-20(14-23)31(38)37-35-18-19-9-11-26(27(13-19)42-2)46-33(40)21-15-28(43-3)30(45-5)29(16-21)44-4/h6-18H,1-5H3,(H,36,39)(H,37,38). The molecular formula is C33H30ClN3O9. The van der Waals surface area contributed by atoms with E-state index >= 15 is 0 Å². The van der Waals surface area contributed by atoms with Crippen LogP contribution in [0.1, 0.15) is 36.6 Å². The third kappa shape index (κ3) is 7.85. The molecule has 0 fully saturated rings. The fourth-order valence-corrected chi connectivity index (χ4v) is 4.40. The Balaban J connectivity index is 1.42. The second kappa shape index (κ2) is 15.3. The predicted molar refractivity (Wildman–Crippen MR) is 172 cm³/mol. The number of rotatable bonds is 12. The van der Waals surface area contributed by atoms with Crippen molar-refractivity contribution >= 4 is 41.3 Å². The van der Waals surface area contributed by atoms with Crippen LogP contribution in [0.25, 0.3) is 0 Å². The molecular weight excluding hydrogens is 618 g/mol. The fraction of sp³-hybridized carbons (Fsp3) is 0.152. The van der Waals surface area contributed by atoms with Gasteiger partial charge in [-0.05, 0) is 72.3 Å². The van der Waals surface area contributed by atoms with E-state index in [4.69, 9.17) is 40.0 Å². The number of carbonyl (C=O) groups is 3. The number of ether oxygens (including phenoxy) is 6. The minimum absolute atomic E-state index is 0.150. The zero-order chi connectivity index (χ0) is 33.2. The quantitative estimate of drug-likeness (QED) is 0.0867. The van der Waals surface area contributed by atoms with E-state index < -0.39 is 17.8 Å². The van der Waals surface area contributed by atoms with Crippen LogP contribution >= 0.6 is 11.6 Å². The number of methoxy groups -OCH3 is 5. The number of amides is 2. The summed E-state index contributed by atoms with van der Waals surface area (Å²) >= 11 is 6.04. The SMILES string of the molecule is COc1cc(C=NNC(=O)c2cccc(NC(=O)c3cc(Cl)ccc3OC)c2)ccc1OC(=O)c1cc(OC)c(OC)c(OC)c1. The van der Waals surface area contributed by atoms with Crippen LogP contribution in [0.2, 0.25) is 5.02 Å². The maximum Gasteiger partial charge on any atom is 0.343 e. The highest BCUT2D eigenvalue weighted by Gasteiger charge is 2.20. The Morgan fingerprint density at radius 3 is 2.00 bits per heavy atom. The molecule has 0 aromatic heterocycles. The summed E-state index contributed by atoms with van der Waals surface area (Å²) in [5, 5.41) is 7.12. The first kappa shape index (κ1) is 33.1. The van der Waals surface area contributed by atoms with Gasteiger partial charge in [0.05, 0.1) is 52.9 Å². The van der Waals surface area contributed by atoms with Gasteiger partial charge >= 0.3 is 5.97 Å². The predicted octanol–water partition coefficient (Wildman–Crippen LogP) is 5.62. The third-order valence-electron chi connectivity index (χ3n) is 6.46. The molecule has 0 radical (unpaired) electrons. The number of nitrogens with zero attached hydrogens (tertiary/aromatic N) is 1. The lowest BCUT2D eigenvalue weighted by Gasteiger charge is -2.14. The first-order valence-electron chi connectivity index (χ1n) is 13.5. The Labute approximate surface area is 269 Å². The van der Waals surface area contributed by atoms with Gasteiger partial charge in [-0.3, -0.25) is 9.59 Å². The second-order valence-corrected chi connectivity index (χ2v) is 9.73. The van der Waals surface area contributed by atoms with Gasteiger partial charge < -0.3 is 33.7 Å². The lowest BCUT2D eigenvalue weighted by atomic mass is 10.1. The smallest absolute Gasteiger partial charge is 0.343 e. The van der Waals surface area contributed by atoms with E-state index in [-0.39, 0.29) is 28.2 Å². The molecule has 2 N–H and O–H groups in total. The van der Waals surface area contributed by atoms with Gasteiger partial charge in [-0.1, -0.05) is 17.7 Å². The summed E-state index contributed by atoms with van der Waals surface area (Å²) < 4.78 is 32.1. The normalized spacial score (nSPS) is 10.6. The monoisotopic (exact) mass is 647 g/mol. The molecule has 12 nitrogen and oxygen atoms in total. The molecule has 4 aromatic rings. The lowest BCUT2D eigenvalue weighted by Crippen LogP contribution is -2.18. The maximum absolute atomic E-state index is 12.9. The van der Waals surface area contributed by atoms with Crippen molar-refractivity contribution in [3.8, 4) is 34.5 Å². The van der Waals surface area contributed by atoms with Crippen molar-refractivity contribution in [1.82, 2.24) is 5.43 Å². The topological polar surface area (TPSA) is 143 Å². The first-order valence-corrected chi connectivity index (χ1v) is 13.9. The summed E-state index contributed by atoms with van der Waals surface area (Å²) in [6.07, 6.45) is 1.39. The number of hydrogen-bond acceptors (Lipinski definition) is 10. The van der Waals surface area contributed by atoms with Crippen LogP contribution in [-0.4, -0.2) is 59.5 Å². The number of anilines is 1. The number of benzene rings is 4. The maximum atomic E-state index is 12.9. The molecule has 0 saturated carbocycles. The summed E-state index contributed by atoms with van der Waals surface area (Å²) in [6.45, 7) is 0. The van der Waals surface area contributed by atoms with Crippen LogP contribution in [-0.2, 0) is 0 Å². The van der Waals surface area contributed by atoms with E-state index in [1.165, 1.54) is 72.1 Å². The Morgan fingerprint density at radius 1 is 0.674 bits per heavy atom. The Kier molecular flexibility index (Phi) is 11.0. The van der Waals surface area contributed by atoms with Crippen molar-refractivity contribution in [3.05, 3.63) is 100 Å². The summed E-state index contributed by atoms with van der Waals surface area (Å²) in [5.41, 5.74) is 4.02. The van der Waals surface area contributed by atoms with Crippen LogP contribution < -0.4 is 39.2 Å². The molecule has 0 unspecified atom stereocenters. The Bertz CT molecular complexity index is 1770. The van der Waals surface area contributed by atoms with Crippen LogP contribution in [0.15, 0.2) is 77.9 Å². The van der Waals surface area contributed by atoms with Gasteiger partial charge in [0.2, 0.25) is 5.75 Å². The van der Waals surface area contributed by atoms with Gasteiger partial charge in [-0.2, -0.15) is 5.10 Å². The van der Waals surface area contributed by atoms with Crippen molar-refractivity contribution in [1.29, 1.82) is 0 Å². The van der Waals surface area contributed by atoms with E-state index in [0.29, 0.717) is 39.3 Å². The Hall–Kier alpha value is -5.75. The molecule has 238 valence electrons. The largest absolute Gasteiger partial charge is 0.496 e. The highest BCUT2D eigenvalue weighted by molar-refractivity contribution is 6.31. The molecule has 0 bridgehead atoms. The van der Waals surface area contributed by atoms with Crippen LogP contribution in [0.5, 0.6) is 34.5 Å². The van der Waals surface area contributed by atoms with Crippen LogP contribution in [0.3, 0.4) is 0 Å². The molecule has 0 heterocycles. The van der Waals surface area contributed by atoms with E-state index in [0.717, 1.165) is 0 Å². The van der Waals surface area contributed by atoms with Crippen molar-refractivity contribution in [2.24, 2.45) is 5.10 Å². The van der Waals surface area contributed by atoms with Gasteiger partial charge in [0, 0.05) is 16.3 Å². The molecule has 0 aliphatic rings. The lowest BCUT2D eigenvalue weighted by molar-refractivity contribution is 0.0728. The molecule has 13 heteroatoms. The highest BCUT2D eigenvalue weighted by Crippen LogP contribution is 2.39. The van der Waals surface area contributed by atoms with E-state index in [1.54, 1.807) is 42.5 Å². The van der Waals surface area contributed by atoms with Gasteiger partial charge in [0.15, 0.2) is 23.0 Å². The van der Waals surface area contributed by atoms with Crippen LogP contribution in [0, 0.1) is 0 Å². The number of hydrazone groups is 1. The van der Waals surface area contributed by atoms with Crippen molar-refractivity contribution in [3.63, 3.8) is 0 Å². The Morgan fingerprint density at radius 2 is 1.35 bits per heavy atom. The molecule has 0 saturated heterocycles. The average molecular weight is 648 g/mol. The van der Waals surface area contributed by atoms with Gasteiger partial charge in [0.1, 0.15) is 5.75 Å². The van der Waals surface area contributed by atoms with Crippen molar-refractivity contribution in [2.45, 2.75) is 0 Å². The average Bonchev–Trinajstić information content (AvgIpc) is 3.07. The zero-order valence-corrected chi connectivity index (χ0v) is 26.3. The number of esters is 1. The number of nitrogens with one attached hydrogen (secondary N) is 2. The van der Waals surface area contributed by atoms with Gasteiger partial charge in [-0.15, -0.1) is 0 Å². The fourth-order valence-electron chi connectivity index (χ4n) is 4.23. The van der Waals surface area contributed by atoms with Crippen LogP contribution in [0.4, 0.5) is 5.69 Å². The van der Waals surface area contributed by atoms with Crippen molar-refractivity contribution < 1.29 is 42.8 Å². The summed E-state index contributed by atoms with van der Waals surface area (Å²) in [4.78, 5) is 38.5. The molecule has 2 amide bonds. The molecule has 4 rings (SSSR count). The number of carbonyl (C=O) groups excluding carboxylic acids is 3. The summed E-state index contributed by atoms with van der Waals surface area (Å²) in [6, 6.07) is 18.7. The van der Waals surface area contributed by atoms with E-state index in [1.807, 2.05) is 0 Å². The number of hydrogen-bond donors (Lipinski definition) is 2. The van der Waals surface area contributed by atoms with Gasteiger partial charge in [0.25, 0.3) is 11.8 Å². The third-order valence-corrected chi connectivity index (χ3v) is 6.69. The molecule has 0 aliphatic carbocycles. The number of halogens is 1. The minimum atomic E-state index is -0.684.